The number of hydrogen-bond acceptors (Lipinski definition) is 0. The van der Waals surface area contributed by atoms with E-state index >= 15 is 0 Å². The Morgan fingerprint density at radius 2 is 1.62 bits per heavy atom. The van der Waals surface area contributed by atoms with Gasteiger partial charge in [0, 0.05) is 5.56 Å². The molecule has 0 saturated heterocycles. The Labute approximate surface area is 80.4 Å². The van der Waals surface area contributed by atoms with Crippen LogP contribution in [0.4, 0.5) is 0 Å². The molecule has 1 aromatic rings. The van der Waals surface area contributed by atoms with Gasteiger partial charge in [0.05, 0.1) is 0 Å². The third kappa shape index (κ3) is 2.03. The van der Waals surface area contributed by atoms with Crippen LogP contribution in [0.5, 0.6) is 5.75 Å². The Morgan fingerprint density at radius 3 is 2.00 bits per heavy atom. The molecule has 0 amide bonds. The predicted octanol–water partition coefficient (Wildman–Crippen LogP) is 3.74. The summed E-state index contributed by atoms with van der Waals surface area (Å²) in [5.74, 6) is 0.171. The molecule has 71 valence electrons. The van der Waals surface area contributed by atoms with E-state index in [2.05, 4.69) is 26.8 Å². The van der Waals surface area contributed by atoms with Crippen molar-refractivity contribution >= 4 is 0 Å². The highest BCUT2D eigenvalue weighted by atomic mass is 16.3. The smallest absolute Gasteiger partial charge is 0.182 e. The summed E-state index contributed by atoms with van der Waals surface area (Å²) >= 11 is 0. The quantitative estimate of drug-likeness (QED) is 0.575. The van der Waals surface area contributed by atoms with Crippen LogP contribution in [-0.2, 0) is 10.5 Å². The van der Waals surface area contributed by atoms with Gasteiger partial charge in [0.25, 0.3) is 0 Å². The van der Waals surface area contributed by atoms with Crippen LogP contribution in [0.2, 0.25) is 0 Å². The summed E-state index contributed by atoms with van der Waals surface area (Å²) in [4.78, 5) is 0. The van der Waals surface area contributed by atoms with Gasteiger partial charge in [-0.05, 0) is 36.5 Å². The fraction of sp³-hybridized carbons (Fsp3) is 0.500. The van der Waals surface area contributed by atoms with E-state index in [9.17, 15) is 5.11 Å². The van der Waals surface area contributed by atoms with Crippen molar-refractivity contribution in [3.63, 3.8) is 0 Å². The topological polar surface area (TPSA) is 19.9 Å². The second-order valence-electron chi connectivity index (χ2n) is 4.70. The molecule has 1 radical (unpaired) electrons. The Kier molecular flexibility index (Phi) is 2.38. The Bertz CT molecular complexity index is 295. The summed E-state index contributed by atoms with van der Waals surface area (Å²) in [6.07, 6.45) is 0. The fourth-order valence-electron chi connectivity index (χ4n) is 1.89. The average molecular weight is 177 g/mol. The zero-order chi connectivity index (χ0) is 10.2. The maximum Gasteiger partial charge on any atom is 0.182 e. The van der Waals surface area contributed by atoms with Gasteiger partial charge in [-0.25, -0.2) is 0 Å². The fourth-order valence-corrected chi connectivity index (χ4v) is 1.89. The molecule has 0 spiro atoms. The summed E-state index contributed by atoms with van der Waals surface area (Å²) in [5.41, 5.74) is 3.06. The molecule has 0 aliphatic rings. The second kappa shape index (κ2) is 3.06. The van der Waals surface area contributed by atoms with E-state index in [0.29, 0.717) is 0 Å². The van der Waals surface area contributed by atoms with Crippen molar-refractivity contribution in [1.29, 1.82) is 0 Å². The molecule has 1 nitrogen and oxygen atoms in total. The molecule has 0 bridgehead atoms. The zero-order valence-electron chi connectivity index (χ0n) is 9.06. The first-order valence-corrected chi connectivity index (χ1v) is 4.61. The number of benzene rings is 1. The van der Waals surface area contributed by atoms with Gasteiger partial charge >= 0.3 is 0 Å². The maximum atomic E-state index is 11.7. The van der Waals surface area contributed by atoms with Crippen molar-refractivity contribution < 1.29 is 5.11 Å². The first kappa shape index (κ1) is 10.1. The second-order valence-corrected chi connectivity index (χ2v) is 4.70. The lowest BCUT2D eigenvalue weighted by molar-refractivity contribution is 0.340. The van der Waals surface area contributed by atoms with Crippen molar-refractivity contribution in [2.45, 2.75) is 40.0 Å². The summed E-state index contributed by atoms with van der Waals surface area (Å²) in [5, 5.41) is 11.7. The SMILES string of the molecule is Cc1cc(C)c(C(C)(C)C)c([O])c1. The molecule has 0 heterocycles. The Morgan fingerprint density at radius 1 is 1.08 bits per heavy atom. The summed E-state index contributed by atoms with van der Waals surface area (Å²) in [6.45, 7) is 10.2. The lowest BCUT2D eigenvalue weighted by Crippen LogP contribution is -2.13. The monoisotopic (exact) mass is 177 g/mol. The molecule has 0 aliphatic heterocycles. The van der Waals surface area contributed by atoms with E-state index in [0.717, 1.165) is 16.7 Å². The molecule has 0 N–H and O–H groups in total. The third-order valence-corrected chi connectivity index (χ3v) is 2.19. The third-order valence-electron chi connectivity index (χ3n) is 2.19. The molecule has 0 aliphatic carbocycles. The minimum atomic E-state index is -0.0468. The van der Waals surface area contributed by atoms with E-state index < -0.39 is 0 Å². The van der Waals surface area contributed by atoms with Crippen molar-refractivity contribution in [2.24, 2.45) is 0 Å². The molecule has 1 heteroatoms. The van der Waals surface area contributed by atoms with E-state index in [-0.39, 0.29) is 11.2 Å². The number of hydrogen-bond donors (Lipinski definition) is 0. The molecular weight excluding hydrogens is 160 g/mol. The molecular formula is C12H17O. The Hall–Kier alpha value is -0.980. The normalized spacial score (nSPS) is 11.8. The van der Waals surface area contributed by atoms with Crippen LogP contribution in [0.15, 0.2) is 12.1 Å². The lowest BCUT2D eigenvalue weighted by atomic mass is 9.83. The van der Waals surface area contributed by atoms with Gasteiger partial charge < -0.3 is 0 Å². The van der Waals surface area contributed by atoms with Crippen LogP contribution in [-0.4, -0.2) is 0 Å². The number of rotatable bonds is 0. The molecule has 1 aromatic carbocycles. The lowest BCUT2D eigenvalue weighted by Gasteiger charge is -2.22. The summed E-state index contributed by atoms with van der Waals surface area (Å²) < 4.78 is 0. The van der Waals surface area contributed by atoms with E-state index in [1.54, 1.807) is 6.07 Å². The zero-order valence-corrected chi connectivity index (χ0v) is 9.06. The van der Waals surface area contributed by atoms with Crippen LogP contribution in [0.25, 0.3) is 0 Å². The van der Waals surface area contributed by atoms with E-state index in [1.165, 1.54) is 0 Å². The van der Waals surface area contributed by atoms with E-state index in [1.807, 2.05) is 13.8 Å². The van der Waals surface area contributed by atoms with Crippen LogP contribution in [0.3, 0.4) is 0 Å². The van der Waals surface area contributed by atoms with E-state index in [4.69, 9.17) is 0 Å². The highest BCUT2D eigenvalue weighted by molar-refractivity contribution is 5.45. The molecule has 13 heavy (non-hydrogen) atoms. The molecule has 0 aromatic heterocycles. The minimum Gasteiger partial charge on any atom is -0.290 e. The first-order chi connectivity index (χ1) is 5.82. The summed E-state index contributed by atoms with van der Waals surface area (Å²) in [6, 6.07) is 3.79. The van der Waals surface area contributed by atoms with Gasteiger partial charge in [0.1, 0.15) is 0 Å². The van der Waals surface area contributed by atoms with Crippen molar-refractivity contribution in [2.75, 3.05) is 0 Å². The van der Waals surface area contributed by atoms with Crippen LogP contribution in [0.1, 0.15) is 37.5 Å². The van der Waals surface area contributed by atoms with Crippen molar-refractivity contribution in [3.05, 3.63) is 28.8 Å². The molecule has 0 atom stereocenters. The molecule has 0 saturated carbocycles. The van der Waals surface area contributed by atoms with Crippen LogP contribution < -0.4 is 0 Å². The maximum absolute atomic E-state index is 11.7. The average Bonchev–Trinajstić information content (AvgIpc) is 1.78. The van der Waals surface area contributed by atoms with Gasteiger partial charge in [0.15, 0.2) is 5.75 Å². The standard InChI is InChI=1S/C12H17O/c1-8-6-9(2)11(10(13)7-8)12(3,4)5/h6-7H,1-5H3. The van der Waals surface area contributed by atoms with Crippen molar-refractivity contribution in [1.82, 2.24) is 0 Å². The highest BCUT2D eigenvalue weighted by Gasteiger charge is 2.21. The van der Waals surface area contributed by atoms with Crippen LogP contribution >= 0.6 is 0 Å². The summed E-state index contributed by atoms with van der Waals surface area (Å²) in [7, 11) is 0. The minimum absolute atomic E-state index is 0.0468. The van der Waals surface area contributed by atoms with Gasteiger partial charge in [-0.1, -0.05) is 26.8 Å². The first-order valence-electron chi connectivity index (χ1n) is 4.61. The van der Waals surface area contributed by atoms with Gasteiger partial charge in [0.2, 0.25) is 0 Å². The predicted molar refractivity (Wildman–Crippen MR) is 54.7 cm³/mol. The largest absolute Gasteiger partial charge is 0.290 e. The van der Waals surface area contributed by atoms with Crippen molar-refractivity contribution in [3.8, 4) is 5.75 Å². The molecule has 0 unspecified atom stereocenters. The molecule has 0 fully saturated rings. The molecule has 1 rings (SSSR count). The van der Waals surface area contributed by atoms with Gasteiger partial charge in [-0.3, -0.25) is 5.11 Å². The highest BCUT2D eigenvalue weighted by Crippen LogP contribution is 2.34. The van der Waals surface area contributed by atoms with Gasteiger partial charge in [-0.15, -0.1) is 0 Å². The van der Waals surface area contributed by atoms with Crippen LogP contribution in [0, 0.1) is 13.8 Å². The Balaban J connectivity index is 3.38. The number of aryl methyl sites for hydroxylation is 2. The van der Waals surface area contributed by atoms with Gasteiger partial charge in [-0.2, -0.15) is 0 Å².